The van der Waals surface area contributed by atoms with Crippen LogP contribution in [0.1, 0.15) is 36.0 Å². The number of ether oxygens (including phenoxy) is 1. The molecule has 0 bridgehead atoms. The van der Waals surface area contributed by atoms with Crippen molar-refractivity contribution in [2.45, 2.75) is 31.2 Å². The van der Waals surface area contributed by atoms with Gasteiger partial charge in [0.2, 0.25) is 5.91 Å². The number of aromatic carboxylic acids is 1. The topological polar surface area (TPSA) is 102 Å². The van der Waals surface area contributed by atoms with Crippen LogP contribution >= 0.6 is 0 Å². The van der Waals surface area contributed by atoms with Crippen molar-refractivity contribution in [2.24, 2.45) is 5.73 Å². The monoisotopic (exact) mass is 278 g/mol. The standard InChI is InChI=1S/C14H18N2O4/c1-20-11-8-9(4-5-10(11)12(17)18)16-13(19)14(15)6-2-3-7-14/h4-5,8H,2-3,6-7,15H2,1H3,(H,16,19)(H,17,18). The van der Waals surface area contributed by atoms with Gasteiger partial charge in [-0.1, -0.05) is 12.8 Å². The van der Waals surface area contributed by atoms with Gasteiger partial charge >= 0.3 is 5.97 Å². The highest BCUT2D eigenvalue weighted by molar-refractivity contribution is 5.99. The van der Waals surface area contributed by atoms with Gasteiger partial charge in [0.25, 0.3) is 0 Å². The van der Waals surface area contributed by atoms with Crippen LogP contribution in [0, 0.1) is 0 Å². The minimum Gasteiger partial charge on any atom is -0.496 e. The fourth-order valence-corrected chi connectivity index (χ4v) is 2.43. The van der Waals surface area contributed by atoms with E-state index in [1.807, 2.05) is 0 Å². The number of hydrogen-bond donors (Lipinski definition) is 3. The quantitative estimate of drug-likeness (QED) is 0.776. The van der Waals surface area contributed by atoms with E-state index in [2.05, 4.69) is 5.32 Å². The molecule has 1 aliphatic carbocycles. The van der Waals surface area contributed by atoms with E-state index < -0.39 is 11.5 Å². The maximum Gasteiger partial charge on any atom is 0.339 e. The maximum absolute atomic E-state index is 12.2. The SMILES string of the molecule is COc1cc(NC(=O)C2(N)CCCC2)ccc1C(=O)O. The summed E-state index contributed by atoms with van der Waals surface area (Å²) in [6.45, 7) is 0. The summed E-state index contributed by atoms with van der Waals surface area (Å²) >= 11 is 0. The molecule has 2 rings (SSSR count). The van der Waals surface area contributed by atoms with E-state index >= 15 is 0 Å². The molecule has 20 heavy (non-hydrogen) atoms. The molecule has 0 radical (unpaired) electrons. The van der Waals surface area contributed by atoms with E-state index in [1.54, 1.807) is 0 Å². The molecule has 0 atom stereocenters. The number of rotatable bonds is 4. The molecule has 0 unspecified atom stereocenters. The average molecular weight is 278 g/mol. The van der Waals surface area contributed by atoms with Crippen molar-refractivity contribution >= 4 is 17.6 Å². The highest BCUT2D eigenvalue weighted by Gasteiger charge is 2.37. The smallest absolute Gasteiger partial charge is 0.339 e. The number of carbonyl (C=O) groups excluding carboxylic acids is 1. The summed E-state index contributed by atoms with van der Waals surface area (Å²) in [6.07, 6.45) is 3.24. The molecule has 4 N–H and O–H groups in total. The van der Waals surface area contributed by atoms with Gasteiger partial charge in [0.15, 0.2) is 0 Å². The van der Waals surface area contributed by atoms with Crippen LogP contribution in [0.25, 0.3) is 0 Å². The summed E-state index contributed by atoms with van der Waals surface area (Å²) in [5.74, 6) is -1.11. The Hall–Kier alpha value is -2.08. The molecule has 0 aromatic heterocycles. The summed E-state index contributed by atoms with van der Waals surface area (Å²) in [5, 5.41) is 11.7. The third kappa shape index (κ3) is 2.75. The Morgan fingerprint density at radius 3 is 2.55 bits per heavy atom. The zero-order chi connectivity index (χ0) is 14.8. The molecule has 6 heteroatoms. The number of carbonyl (C=O) groups is 2. The molecule has 1 aliphatic rings. The Balaban J connectivity index is 2.18. The average Bonchev–Trinajstić information content (AvgIpc) is 2.86. The number of carboxylic acid groups (broad SMARTS) is 1. The van der Waals surface area contributed by atoms with Crippen molar-refractivity contribution in [3.63, 3.8) is 0 Å². The van der Waals surface area contributed by atoms with Crippen LogP contribution in [-0.4, -0.2) is 29.6 Å². The van der Waals surface area contributed by atoms with Gasteiger partial charge in [-0.05, 0) is 25.0 Å². The van der Waals surface area contributed by atoms with Gasteiger partial charge in [0.1, 0.15) is 11.3 Å². The first kappa shape index (κ1) is 14.3. The lowest BCUT2D eigenvalue weighted by atomic mass is 9.98. The minimum atomic E-state index is -1.08. The van der Waals surface area contributed by atoms with Crippen molar-refractivity contribution in [3.8, 4) is 5.75 Å². The van der Waals surface area contributed by atoms with Gasteiger partial charge < -0.3 is 20.9 Å². The van der Waals surface area contributed by atoms with Gasteiger partial charge in [-0.15, -0.1) is 0 Å². The maximum atomic E-state index is 12.2. The molecule has 1 fully saturated rings. The lowest BCUT2D eigenvalue weighted by molar-refractivity contribution is -0.121. The fraction of sp³-hybridized carbons (Fsp3) is 0.429. The number of hydrogen-bond acceptors (Lipinski definition) is 4. The number of methoxy groups -OCH3 is 1. The molecule has 0 heterocycles. The predicted octanol–water partition coefficient (Wildman–Crippen LogP) is 1.60. The number of anilines is 1. The van der Waals surface area contributed by atoms with Crippen LogP contribution in [0.3, 0.4) is 0 Å². The highest BCUT2D eigenvalue weighted by Crippen LogP contribution is 2.29. The van der Waals surface area contributed by atoms with E-state index in [0.717, 1.165) is 12.8 Å². The second-order valence-corrected chi connectivity index (χ2v) is 5.04. The molecule has 1 saturated carbocycles. The summed E-state index contributed by atoms with van der Waals surface area (Å²) in [7, 11) is 1.38. The van der Waals surface area contributed by atoms with E-state index in [4.69, 9.17) is 15.6 Å². The third-order valence-electron chi connectivity index (χ3n) is 3.64. The summed E-state index contributed by atoms with van der Waals surface area (Å²) in [4.78, 5) is 23.1. The number of amides is 1. The number of benzene rings is 1. The van der Waals surface area contributed by atoms with E-state index in [0.29, 0.717) is 18.5 Å². The van der Waals surface area contributed by atoms with Crippen LogP contribution in [-0.2, 0) is 4.79 Å². The van der Waals surface area contributed by atoms with E-state index in [1.165, 1.54) is 25.3 Å². The number of carboxylic acids is 1. The first-order valence-electron chi connectivity index (χ1n) is 6.48. The Morgan fingerprint density at radius 2 is 2.00 bits per heavy atom. The summed E-state index contributed by atoms with van der Waals surface area (Å²) in [6, 6.07) is 4.41. The molecular formula is C14H18N2O4. The molecule has 1 amide bonds. The molecule has 108 valence electrons. The zero-order valence-corrected chi connectivity index (χ0v) is 11.3. The normalized spacial score (nSPS) is 16.7. The molecule has 1 aromatic rings. The molecule has 0 aliphatic heterocycles. The first-order chi connectivity index (χ1) is 9.46. The van der Waals surface area contributed by atoms with E-state index in [-0.39, 0.29) is 17.2 Å². The largest absolute Gasteiger partial charge is 0.496 e. The minimum absolute atomic E-state index is 0.0498. The highest BCUT2D eigenvalue weighted by atomic mass is 16.5. The third-order valence-corrected chi connectivity index (χ3v) is 3.64. The molecule has 1 aromatic carbocycles. The Kier molecular flexibility index (Phi) is 3.94. The van der Waals surface area contributed by atoms with Crippen molar-refractivity contribution in [1.29, 1.82) is 0 Å². The van der Waals surface area contributed by atoms with Crippen LogP contribution < -0.4 is 15.8 Å². The Bertz CT molecular complexity index is 536. The number of nitrogens with one attached hydrogen (secondary N) is 1. The van der Waals surface area contributed by atoms with E-state index in [9.17, 15) is 9.59 Å². The van der Waals surface area contributed by atoms with Gasteiger partial charge in [-0.2, -0.15) is 0 Å². The lowest BCUT2D eigenvalue weighted by Crippen LogP contribution is -2.48. The second-order valence-electron chi connectivity index (χ2n) is 5.04. The van der Waals surface area contributed by atoms with Gasteiger partial charge in [0, 0.05) is 11.8 Å². The van der Waals surface area contributed by atoms with Crippen LogP contribution in [0.2, 0.25) is 0 Å². The lowest BCUT2D eigenvalue weighted by Gasteiger charge is -2.22. The number of nitrogens with two attached hydrogens (primary N) is 1. The van der Waals surface area contributed by atoms with Crippen LogP contribution in [0.5, 0.6) is 5.75 Å². The zero-order valence-electron chi connectivity index (χ0n) is 11.3. The van der Waals surface area contributed by atoms with Crippen molar-refractivity contribution < 1.29 is 19.4 Å². The Labute approximate surface area is 116 Å². The van der Waals surface area contributed by atoms with Crippen LogP contribution in [0.15, 0.2) is 18.2 Å². The van der Waals surface area contributed by atoms with Gasteiger partial charge in [-0.3, -0.25) is 4.79 Å². The molecule has 0 saturated heterocycles. The predicted molar refractivity (Wildman–Crippen MR) is 74.0 cm³/mol. The molecule has 6 nitrogen and oxygen atoms in total. The second kappa shape index (κ2) is 5.50. The Morgan fingerprint density at radius 1 is 1.35 bits per heavy atom. The molecular weight excluding hydrogens is 260 g/mol. The first-order valence-corrected chi connectivity index (χ1v) is 6.48. The van der Waals surface area contributed by atoms with Crippen LogP contribution in [0.4, 0.5) is 5.69 Å². The van der Waals surface area contributed by atoms with Crippen molar-refractivity contribution in [2.75, 3.05) is 12.4 Å². The summed E-state index contributed by atoms with van der Waals surface area (Å²) in [5.41, 5.74) is 5.77. The van der Waals surface area contributed by atoms with Crippen molar-refractivity contribution in [3.05, 3.63) is 23.8 Å². The van der Waals surface area contributed by atoms with Gasteiger partial charge in [-0.25, -0.2) is 4.79 Å². The van der Waals surface area contributed by atoms with Gasteiger partial charge in [0.05, 0.1) is 12.6 Å². The summed E-state index contributed by atoms with van der Waals surface area (Å²) < 4.78 is 5.02. The molecule has 0 spiro atoms. The fourth-order valence-electron chi connectivity index (χ4n) is 2.43. The van der Waals surface area contributed by atoms with Crippen molar-refractivity contribution in [1.82, 2.24) is 0 Å².